The van der Waals surface area contributed by atoms with Crippen LogP contribution in [-0.4, -0.2) is 133 Å². The lowest BCUT2D eigenvalue weighted by atomic mass is 10.0. The van der Waals surface area contributed by atoms with E-state index in [0.717, 1.165) is 179 Å². The van der Waals surface area contributed by atoms with Crippen molar-refractivity contribution in [3.63, 3.8) is 0 Å². The molecule has 0 aliphatic carbocycles. The highest BCUT2D eigenvalue weighted by Gasteiger charge is 2.37. The van der Waals surface area contributed by atoms with Gasteiger partial charge in [0.2, 0.25) is 10.0 Å². The summed E-state index contributed by atoms with van der Waals surface area (Å²) in [6.07, 6.45) is 12.8. The molecule has 95 heavy (non-hydrogen) atoms. The number of methoxy groups -OCH3 is 1. The summed E-state index contributed by atoms with van der Waals surface area (Å²) in [6.45, 7) is 10.4. The van der Waals surface area contributed by atoms with Gasteiger partial charge in [-0.1, -0.05) is 73.2 Å². The molecule has 6 aromatic carbocycles. The van der Waals surface area contributed by atoms with Crippen LogP contribution in [-0.2, 0) is 68.1 Å². The number of aromatic hydroxyl groups is 2. The zero-order valence-electron chi connectivity index (χ0n) is 56.3. The van der Waals surface area contributed by atoms with Gasteiger partial charge in [0.05, 0.1) is 29.9 Å². The molecule has 0 radical (unpaired) electrons. The first kappa shape index (κ1) is 65.2. The number of sulfonamides is 1. The minimum atomic E-state index is -3.18. The predicted octanol–water partition coefficient (Wildman–Crippen LogP) is 12.3. The fourth-order valence-corrected chi connectivity index (χ4v) is 14.3. The number of nitrogens with zero attached hydrogens (tertiary/aromatic N) is 9. The van der Waals surface area contributed by atoms with Crippen molar-refractivity contribution in [2.75, 3.05) is 52.1 Å². The van der Waals surface area contributed by atoms with Crippen LogP contribution in [0.5, 0.6) is 17.2 Å². The molecule has 13 rings (SSSR count). The van der Waals surface area contributed by atoms with Crippen molar-refractivity contribution in [1.82, 2.24) is 54.6 Å². The summed E-state index contributed by atoms with van der Waals surface area (Å²) < 4.78 is 75.9. The second kappa shape index (κ2) is 33.3. The van der Waals surface area contributed by atoms with E-state index in [1.165, 1.54) is 28.7 Å². The monoisotopic (exact) mass is 1310 g/mol. The van der Waals surface area contributed by atoms with Crippen molar-refractivity contribution in [2.24, 2.45) is 0 Å². The van der Waals surface area contributed by atoms with Gasteiger partial charge in [0, 0.05) is 140 Å². The fourth-order valence-electron chi connectivity index (χ4n) is 12.8. The van der Waals surface area contributed by atoms with Gasteiger partial charge in [-0.2, -0.15) is 4.31 Å². The quantitative estimate of drug-likeness (QED) is 0.0500. The summed E-state index contributed by atoms with van der Waals surface area (Å²) >= 11 is 0. The molecule has 4 aliphatic rings. The summed E-state index contributed by atoms with van der Waals surface area (Å²) in [5.41, 5.74) is 11.3. The van der Waals surface area contributed by atoms with Crippen molar-refractivity contribution in [3.8, 4) is 51.0 Å². The normalized spacial score (nSPS) is 18.3. The fraction of sp³-hybridized carbons (Fsp3) is 0.368. The number of phenolic OH excluding ortho intramolecular Hbond substituents is 2. The van der Waals surface area contributed by atoms with E-state index in [1.807, 2.05) is 91.1 Å². The molecule has 4 N–H and O–H groups in total. The molecule has 16 nitrogen and oxygen atoms in total. The lowest BCUT2D eigenvalue weighted by Crippen LogP contribution is -2.49. The van der Waals surface area contributed by atoms with Gasteiger partial charge < -0.3 is 25.6 Å². The van der Waals surface area contributed by atoms with E-state index < -0.39 is 28.0 Å². The van der Waals surface area contributed by atoms with E-state index in [0.29, 0.717) is 42.8 Å². The van der Waals surface area contributed by atoms with Gasteiger partial charge >= 0.3 is 0 Å². The highest BCUT2D eigenvalue weighted by atomic mass is 32.2. The van der Waals surface area contributed by atoms with E-state index in [4.69, 9.17) is 17.4 Å². The van der Waals surface area contributed by atoms with Gasteiger partial charge in [0.15, 0.2) is 0 Å². The van der Waals surface area contributed by atoms with Gasteiger partial charge in [0.25, 0.3) is 0 Å². The summed E-state index contributed by atoms with van der Waals surface area (Å²) in [5.74, 6) is 2.21. The Bertz CT molecular complexity index is 4160. The Morgan fingerprint density at radius 3 is 1.72 bits per heavy atom. The number of piperazine rings is 2. The number of aromatic nitrogens is 6. The number of hydrogen-bond acceptors (Lipinski definition) is 15. The molecule has 2 bridgehead atoms. The zero-order chi connectivity index (χ0) is 67.7. The molecule has 4 fully saturated rings. The maximum absolute atomic E-state index is 13.5. The average molecular weight is 1310 g/mol. The number of likely N-dealkylation sites (tertiary alicyclic amines) is 1. The Hall–Kier alpha value is -8.43. The molecule has 7 heterocycles. The molecule has 2 unspecified atom stereocenters. The van der Waals surface area contributed by atoms with Crippen LogP contribution in [0.3, 0.4) is 0 Å². The topological polar surface area (TPSA) is 195 Å². The SMILES string of the molecule is COc1ccc(CN2CCNC[C@@H]2C)cc1-c1ccnc(CCCc2ccc(O)cc2)n1.O=S1(=O)CCCCCN1Cc1cccc(-c2ccnc(CCCc3ccc(O)cc3)n2)c1.[2H]C([2H])(CCc1nccc(-c2cccc(CN3CC4CC3CN4)c2)n1)c1cc(F)cc(F)c1. The first-order valence-electron chi connectivity index (χ1n) is 34.2. The molecule has 496 valence electrons. The van der Waals surface area contributed by atoms with Gasteiger partial charge in [-0.25, -0.2) is 47.1 Å². The third-order valence-corrected chi connectivity index (χ3v) is 19.8. The molecule has 19 heteroatoms. The number of rotatable bonds is 22. The molecule has 4 aliphatic heterocycles. The van der Waals surface area contributed by atoms with Crippen LogP contribution in [0.2, 0.25) is 0 Å². The maximum atomic E-state index is 13.5. The number of benzene rings is 6. The number of nitrogens with one attached hydrogen (secondary N) is 2. The lowest BCUT2D eigenvalue weighted by Gasteiger charge is -2.34. The van der Waals surface area contributed by atoms with E-state index in [9.17, 15) is 27.4 Å². The first-order chi connectivity index (χ1) is 47.0. The van der Waals surface area contributed by atoms with Gasteiger partial charge in [-0.3, -0.25) is 9.80 Å². The Morgan fingerprint density at radius 2 is 1.14 bits per heavy atom. The van der Waals surface area contributed by atoms with Crippen LogP contribution in [0.4, 0.5) is 8.78 Å². The Balaban J connectivity index is 0.000000148. The van der Waals surface area contributed by atoms with E-state index in [2.05, 4.69) is 71.6 Å². The minimum Gasteiger partial charge on any atom is -0.508 e. The largest absolute Gasteiger partial charge is 0.508 e. The van der Waals surface area contributed by atoms with Crippen molar-refractivity contribution in [1.29, 1.82) is 0 Å². The number of fused-ring (bicyclic) bond motifs is 2. The standard InChI is InChI=1S/C26H32N4O2.C25H26F2N4.C25H29N3O3S/c1-19-17-27-14-15-30(19)18-21-8-11-25(32-2)23(16-21)24-12-13-28-26(29-24)5-3-4-20-6-9-22(31)10-7-20;26-20-10-17(11-21(27)12-20)3-2-6-25-28-8-7-24(30-25)19-5-1-4-18(9-19)15-31-16-22-13-23(31)14-29-22;29-23-12-10-20(11-13-23)6-5-9-25-26-15-14-24(27-25)22-8-4-7-21(18-22)19-28-16-2-1-3-17-32(28,30)31/h6-13,16,19,27,31H,3-5,14-15,17-18H2,1-2H3;1,4-5,7-12,22-23,29H,2-3,6,13-16H2;4,7-8,10-15,18,29H,1-3,5-6,9,16-17,19H2/t19-;;/m0../s1/i;3D2;. The third kappa shape index (κ3) is 19.8. The summed E-state index contributed by atoms with van der Waals surface area (Å²) in [7, 11) is -1.48. The minimum absolute atomic E-state index is 0.0188. The molecule has 3 aromatic heterocycles. The summed E-state index contributed by atoms with van der Waals surface area (Å²) in [6, 6.07) is 47.6. The molecule has 9 aromatic rings. The number of halogens is 2. The second-order valence-electron chi connectivity index (χ2n) is 25.0. The van der Waals surface area contributed by atoms with Gasteiger partial charge in [-0.05, 0) is 177 Å². The smallest absolute Gasteiger partial charge is 0.214 e. The lowest BCUT2D eigenvalue weighted by molar-refractivity contribution is 0.165. The third-order valence-electron chi connectivity index (χ3n) is 17.9. The number of aryl methyl sites for hydroxylation is 6. The first-order valence-corrected chi connectivity index (χ1v) is 34.8. The molecule has 4 saturated heterocycles. The molecular formula is C76H87F2N11O5S. The number of ether oxygens (including phenoxy) is 1. The van der Waals surface area contributed by atoms with Crippen molar-refractivity contribution < 1.29 is 34.9 Å². The highest BCUT2D eigenvalue weighted by Crippen LogP contribution is 2.32. The molecule has 0 spiro atoms. The van der Waals surface area contributed by atoms with Gasteiger partial charge in [0.1, 0.15) is 46.4 Å². The summed E-state index contributed by atoms with van der Waals surface area (Å²) in [5, 5.41) is 25.8. The van der Waals surface area contributed by atoms with Crippen LogP contribution in [0.15, 0.2) is 170 Å². The van der Waals surface area contributed by atoms with Crippen LogP contribution in [0.25, 0.3) is 33.8 Å². The van der Waals surface area contributed by atoms with Crippen molar-refractivity contribution in [3.05, 3.63) is 233 Å². The second-order valence-corrected chi connectivity index (χ2v) is 27.1. The summed E-state index contributed by atoms with van der Waals surface area (Å²) in [4.78, 5) is 32.4. The number of phenols is 2. The van der Waals surface area contributed by atoms with E-state index >= 15 is 0 Å². The predicted molar refractivity (Wildman–Crippen MR) is 369 cm³/mol. The van der Waals surface area contributed by atoms with Crippen LogP contribution in [0, 0.1) is 11.6 Å². The molecule has 3 atom stereocenters. The Morgan fingerprint density at radius 1 is 0.579 bits per heavy atom. The Labute approximate surface area is 560 Å². The van der Waals surface area contributed by atoms with E-state index in [-0.39, 0.29) is 29.9 Å². The van der Waals surface area contributed by atoms with Crippen LogP contribution >= 0.6 is 0 Å². The maximum Gasteiger partial charge on any atom is 0.214 e. The molecular weight excluding hydrogens is 1220 g/mol. The van der Waals surface area contributed by atoms with Crippen molar-refractivity contribution in [2.45, 2.75) is 128 Å². The zero-order valence-corrected chi connectivity index (χ0v) is 55.1. The Kier molecular flexibility index (Phi) is 22.9. The van der Waals surface area contributed by atoms with Crippen LogP contribution in [0.1, 0.15) is 105 Å². The van der Waals surface area contributed by atoms with Crippen molar-refractivity contribution >= 4 is 10.0 Å². The molecule has 0 amide bonds. The highest BCUT2D eigenvalue weighted by molar-refractivity contribution is 7.89. The van der Waals surface area contributed by atoms with E-state index in [1.54, 1.807) is 48.1 Å². The van der Waals surface area contributed by atoms with Crippen LogP contribution < -0.4 is 15.4 Å². The molecule has 0 saturated carbocycles. The number of hydrogen-bond donors (Lipinski definition) is 4. The van der Waals surface area contributed by atoms with Gasteiger partial charge in [-0.15, -0.1) is 0 Å². The average Bonchev–Trinajstić information content (AvgIpc) is 1.76.